The fraction of sp³-hybridized carbons (Fsp3) is 0.938. The van der Waals surface area contributed by atoms with E-state index in [-0.39, 0.29) is 22.8 Å². The van der Waals surface area contributed by atoms with Gasteiger partial charge in [-0.2, -0.15) is 0 Å². The van der Waals surface area contributed by atoms with Gasteiger partial charge in [-0.1, -0.05) is 13.8 Å². The van der Waals surface area contributed by atoms with Gasteiger partial charge in [0.05, 0.1) is 24.0 Å². The first-order valence-electron chi connectivity index (χ1n) is 15.7. The quantitative estimate of drug-likeness (QED) is 0.379. The minimum absolute atomic E-state index is 0.134. The molecule has 9 rings (SSSR count). The normalized spacial score (nSPS) is 52.4. The molecule has 36 heavy (non-hydrogen) atoms. The first-order valence-corrected chi connectivity index (χ1v) is 15.7. The molecule has 0 spiro atoms. The lowest BCUT2D eigenvalue weighted by atomic mass is 9.46. The highest BCUT2D eigenvalue weighted by Crippen LogP contribution is 2.63. The van der Waals surface area contributed by atoms with Gasteiger partial charge in [0.25, 0.3) is 0 Å². The third-order valence-corrected chi connectivity index (χ3v) is 13.2. The predicted octanol–water partition coefficient (Wildman–Crippen LogP) is 6.80. The highest BCUT2D eigenvalue weighted by molar-refractivity contribution is 5.78. The van der Waals surface area contributed by atoms with E-state index in [1.54, 1.807) is 0 Å². The van der Waals surface area contributed by atoms with Gasteiger partial charge in [0.2, 0.25) is 0 Å². The molecule has 4 heteroatoms. The van der Waals surface area contributed by atoms with Gasteiger partial charge in [-0.05, 0) is 149 Å². The number of hydrogen-bond donors (Lipinski definition) is 0. The van der Waals surface area contributed by atoms with E-state index >= 15 is 0 Å². The van der Waals surface area contributed by atoms with Crippen molar-refractivity contribution in [1.29, 1.82) is 0 Å². The molecule has 200 valence electrons. The summed E-state index contributed by atoms with van der Waals surface area (Å²) in [5, 5.41) is 0. The second kappa shape index (κ2) is 8.73. The van der Waals surface area contributed by atoms with Gasteiger partial charge in [-0.15, -0.1) is 0 Å². The fourth-order valence-corrected chi connectivity index (χ4v) is 11.3. The van der Waals surface area contributed by atoms with Crippen molar-refractivity contribution in [3.05, 3.63) is 0 Å². The summed E-state index contributed by atoms with van der Waals surface area (Å²) in [6.45, 7) is 6.05. The smallest absolute Gasteiger partial charge is 0.312 e. The number of hydrogen-bond acceptors (Lipinski definition) is 4. The Morgan fingerprint density at radius 1 is 0.583 bits per heavy atom. The minimum Gasteiger partial charge on any atom is -0.465 e. The molecule has 4 atom stereocenters. The molecule has 0 aliphatic heterocycles. The van der Waals surface area contributed by atoms with Gasteiger partial charge in [-0.25, -0.2) is 0 Å². The Morgan fingerprint density at radius 2 is 0.917 bits per heavy atom. The van der Waals surface area contributed by atoms with E-state index < -0.39 is 0 Å². The van der Waals surface area contributed by atoms with Crippen LogP contribution in [0.15, 0.2) is 0 Å². The Labute approximate surface area is 218 Å². The van der Waals surface area contributed by atoms with E-state index in [9.17, 15) is 9.59 Å². The van der Waals surface area contributed by atoms with Crippen LogP contribution in [-0.2, 0) is 19.1 Å². The molecule has 4 unspecified atom stereocenters. The van der Waals surface area contributed by atoms with E-state index in [2.05, 4.69) is 13.8 Å². The highest BCUT2D eigenvalue weighted by atomic mass is 16.5. The molecular weight excluding hydrogens is 448 g/mol. The Morgan fingerprint density at radius 3 is 1.25 bits per heavy atom. The maximum absolute atomic E-state index is 13.3. The average Bonchev–Trinajstić information content (AvgIpc) is 2.87. The molecule has 8 bridgehead atoms. The van der Waals surface area contributed by atoms with Crippen molar-refractivity contribution in [3.8, 4) is 0 Å². The summed E-state index contributed by atoms with van der Waals surface area (Å²) in [7, 11) is 0. The standard InChI is InChI=1S/C32H48O4/c1-19-25-7-23-8-26(19)14-31(11-23,13-25)29(33)35-17-21-3-5-22(6-4-21)18-36-30(34)32-12-24-9-27(15-32)20(2)28(10-24)16-32/h19-28H,3-18H2,1-2H3. The van der Waals surface area contributed by atoms with Crippen molar-refractivity contribution in [2.45, 2.75) is 104 Å². The van der Waals surface area contributed by atoms with E-state index in [4.69, 9.17) is 9.47 Å². The van der Waals surface area contributed by atoms with Crippen LogP contribution in [0.1, 0.15) is 104 Å². The minimum atomic E-state index is -0.149. The molecule has 4 nitrogen and oxygen atoms in total. The Hall–Kier alpha value is -1.06. The van der Waals surface area contributed by atoms with Crippen molar-refractivity contribution >= 4 is 11.9 Å². The molecule has 0 aromatic heterocycles. The van der Waals surface area contributed by atoms with Crippen molar-refractivity contribution in [2.24, 2.45) is 70.0 Å². The number of carbonyl (C=O) groups is 2. The molecule has 9 aliphatic carbocycles. The van der Waals surface area contributed by atoms with Gasteiger partial charge in [0, 0.05) is 0 Å². The zero-order valence-corrected chi connectivity index (χ0v) is 22.7. The summed E-state index contributed by atoms with van der Waals surface area (Å²) in [6, 6.07) is 0. The molecule has 0 aromatic rings. The van der Waals surface area contributed by atoms with E-state index in [1.165, 1.54) is 25.7 Å². The van der Waals surface area contributed by atoms with Crippen LogP contribution in [0.3, 0.4) is 0 Å². The van der Waals surface area contributed by atoms with Crippen LogP contribution in [0.5, 0.6) is 0 Å². The second-order valence-corrected chi connectivity index (χ2v) is 15.3. The number of rotatable bonds is 6. The van der Waals surface area contributed by atoms with Crippen LogP contribution in [-0.4, -0.2) is 25.2 Å². The highest BCUT2D eigenvalue weighted by Gasteiger charge is 2.59. The van der Waals surface area contributed by atoms with Crippen molar-refractivity contribution in [3.63, 3.8) is 0 Å². The molecule has 0 radical (unpaired) electrons. The van der Waals surface area contributed by atoms with Crippen molar-refractivity contribution in [2.75, 3.05) is 13.2 Å². The predicted molar refractivity (Wildman–Crippen MR) is 138 cm³/mol. The third kappa shape index (κ3) is 3.89. The van der Waals surface area contributed by atoms with Crippen LogP contribution in [0, 0.1) is 70.0 Å². The molecule has 9 fully saturated rings. The molecule has 0 amide bonds. The lowest BCUT2D eigenvalue weighted by Crippen LogP contribution is -2.54. The Balaban J connectivity index is 0.862. The summed E-state index contributed by atoms with van der Waals surface area (Å²) in [5.74, 6) is 7.40. The molecule has 0 saturated heterocycles. The van der Waals surface area contributed by atoms with Crippen molar-refractivity contribution in [1.82, 2.24) is 0 Å². The van der Waals surface area contributed by atoms with Gasteiger partial charge in [-0.3, -0.25) is 9.59 Å². The summed E-state index contributed by atoms with van der Waals surface area (Å²) < 4.78 is 12.1. The summed E-state index contributed by atoms with van der Waals surface area (Å²) >= 11 is 0. The van der Waals surface area contributed by atoms with Crippen molar-refractivity contribution < 1.29 is 19.1 Å². The van der Waals surface area contributed by atoms with Gasteiger partial charge < -0.3 is 9.47 Å². The van der Waals surface area contributed by atoms with E-state index in [0.29, 0.717) is 25.0 Å². The number of esters is 2. The Kier molecular flexibility index (Phi) is 5.82. The van der Waals surface area contributed by atoms with Crippen LogP contribution in [0.2, 0.25) is 0 Å². The monoisotopic (exact) mass is 496 g/mol. The van der Waals surface area contributed by atoms with E-state index in [1.807, 2.05) is 0 Å². The molecule has 9 saturated carbocycles. The molecule has 0 aromatic carbocycles. The average molecular weight is 497 g/mol. The van der Waals surface area contributed by atoms with Crippen LogP contribution in [0.4, 0.5) is 0 Å². The van der Waals surface area contributed by atoms with Gasteiger partial charge in [0.15, 0.2) is 0 Å². The Bertz CT molecular complexity index is 783. The maximum Gasteiger partial charge on any atom is 0.312 e. The first-order chi connectivity index (χ1) is 17.3. The third-order valence-electron chi connectivity index (χ3n) is 13.2. The molecular formula is C32H48O4. The van der Waals surface area contributed by atoms with Crippen LogP contribution in [0.25, 0.3) is 0 Å². The zero-order chi connectivity index (χ0) is 24.7. The topological polar surface area (TPSA) is 52.6 Å². The first kappa shape index (κ1) is 24.0. The maximum atomic E-state index is 13.3. The summed E-state index contributed by atoms with van der Waals surface area (Å²) in [5.41, 5.74) is -0.299. The zero-order valence-electron chi connectivity index (χ0n) is 22.7. The largest absolute Gasteiger partial charge is 0.465 e. The lowest BCUT2D eigenvalue weighted by Gasteiger charge is -2.58. The fourth-order valence-electron chi connectivity index (χ4n) is 11.3. The van der Waals surface area contributed by atoms with Gasteiger partial charge in [0.1, 0.15) is 0 Å². The lowest BCUT2D eigenvalue weighted by molar-refractivity contribution is -0.179. The number of ether oxygens (including phenoxy) is 2. The SMILES string of the molecule is CC1C2CC3CC1CC(C(=O)OCC1CCC(COC(=O)C45CC6CC(C4)C(C)C(C6)C5)CC1)(C3)C2. The summed E-state index contributed by atoms with van der Waals surface area (Å²) in [4.78, 5) is 26.6. The molecule has 0 heterocycles. The number of carbonyl (C=O) groups excluding carboxylic acids is 2. The van der Waals surface area contributed by atoms with E-state index in [0.717, 1.165) is 112 Å². The second-order valence-electron chi connectivity index (χ2n) is 15.3. The van der Waals surface area contributed by atoms with Crippen LogP contribution >= 0.6 is 0 Å². The molecule has 9 aliphatic rings. The van der Waals surface area contributed by atoms with Crippen LogP contribution < -0.4 is 0 Å². The summed E-state index contributed by atoms with van der Waals surface area (Å²) in [6.07, 6.45) is 16.3. The molecule has 0 N–H and O–H groups in total. The van der Waals surface area contributed by atoms with Gasteiger partial charge >= 0.3 is 11.9 Å².